The first-order chi connectivity index (χ1) is 22.5. The van der Waals surface area contributed by atoms with Crippen molar-refractivity contribution in [2.45, 2.75) is 66.8 Å². The molecule has 0 bridgehead atoms. The monoisotopic (exact) mass is 664 g/mol. The molecule has 0 saturated carbocycles. The Morgan fingerprint density at radius 1 is 1.00 bits per heavy atom. The first-order valence-corrected chi connectivity index (χ1v) is 16.8. The molecule has 1 atom stereocenters. The van der Waals surface area contributed by atoms with Gasteiger partial charge in [0.15, 0.2) is 16.6 Å². The maximum absolute atomic E-state index is 13.8. The van der Waals surface area contributed by atoms with Crippen LogP contribution in [0.1, 0.15) is 86.4 Å². The molecule has 1 fully saturated rings. The van der Waals surface area contributed by atoms with Gasteiger partial charge in [-0.15, -0.1) is 0 Å². The van der Waals surface area contributed by atoms with Crippen molar-refractivity contribution in [1.82, 2.24) is 4.98 Å². The largest absolute Gasteiger partial charge is 0.507 e. The molecule has 1 N–H and O–H groups in total. The first-order valence-electron chi connectivity index (χ1n) is 16.0. The fourth-order valence-electron chi connectivity index (χ4n) is 4.90. The molecular formula is C36H44N2O8S. The lowest BCUT2D eigenvalue weighted by atomic mass is 9.95. The summed E-state index contributed by atoms with van der Waals surface area (Å²) < 4.78 is 22.8. The minimum absolute atomic E-state index is 0.123. The van der Waals surface area contributed by atoms with Crippen molar-refractivity contribution < 1.29 is 38.4 Å². The van der Waals surface area contributed by atoms with Gasteiger partial charge >= 0.3 is 11.9 Å². The van der Waals surface area contributed by atoms with Crippen LogP contribution in [0.4, 0.5) is 5.13 Å². The van der Waals surface area contributed by atoms with Gasteiger partial charge in [-0.25, -0.2) is 9.78 Å². The number of unbranched alkanes of at least 4 members (excludes halogenated alkanes) is 1. The number of hydrogen-bond donors (Lipinski definition) is 1. The van der Waals surface area contributed by atoms with E-state index in [9.17, 15) is 19.5 Å². The highest BCUT2D eigenvalue weighted by molar-refractivity contribution is 7.17. The Balaban J connectivity index is 1.81. The molecule has 11 heteroatoms. The molecule has 1 aromatic heterocycles. The number of Topliss-reactive ketones (excluding diaryl/α,β-unsaturated/α-hetero) is 1. The highest BCUT2D eigenvalue weighted by atomic mass is 32.1. The second kappa shape index (κ2) is 15.9. The second-order valence-corrected chi connectivity index (χ2v) is 13.2. The molecule has 1 saturated heterocycles. The van der Waals surface area contributed by atoms with Gasteiger partial charge in [-0.2, -0.15) is 0 Å². The minimum Gasteiger partial charge on any atom is -0.507 e. The van der Waals surface area contributed by atoms with Gasteiger partial charge < -0.3 is 24.1 Å². The van der Waals surface area contributed by atoms with Crippen molar-refractivity contribution >= 4 is 39.9 Å². The molecule has 0 aliphatic carbocycles. The van der Waals surface area contributed by atoms with E-state index in [-0.39, 0.29) is 33.9 Å². The number of aromatic nitrogens is 1. The van der Waals surface area contributed by atoms with Gasteiger partial charge in [-0.05, 0) is 73.6 Å². The zero-order chi connectivity index (χ0) is 34.2. The Morgan fingerprint density at radius 3 is 2.36 bits per heavy atom. The lowest BCUT2D eigenvalue weighted by Crippen LogP contribution is -2.29. The molecule has 2 heterocycles. The Bertz CT molecular complexity index is 1610. The lowest BCUT2D eigenvalue weighted by molar-refractivity contribution is -0.132. The number of nitrogens with zero attached hydrogens (tertiary/aromatic N) is 2. The van der Waals surface area contributed by atoms with Crippen LogP contribution in [-0.4, -0.2) is 54.7 Å². The lowest BCUT2D eigenvalue weighted by Gasteiger charge is -2.24. The maximum atomic E-state index is 13.8. The van der Waals surface area contributed by atoms with Crippen LogP contribution in [0.15, 0.2) is 48.0 Å². The number of ketones is 1. The molecule has 252 valence electrons. The van der Waals surface area contributed by atoms with E-state index in [4.69, 9.17) is 18.9 Å². The summed E-state index contributed by atoms with van der Waals surface area (Å²) in [6, 6.07) is 10.8. The molecular weight excluding hydrogens is 620 g/mol. The van der Waals surface area contributed by atoms with Crippen molar-refractivity contribution in [3.05, 3.63) is 69.7 Å². The van der Waals surface area contributed by atoms with Crippen molar-refractivity contribution in [3.63, 3.8) is 0 Å². The fraction of sp³-hybridized carbons (Fsp3) is 0.444. The molecule has 1 aliphatic heterocycles. The van der Waals surface area contributed by atoms with Gasteiger partial charge in [0.25, 0.3) is 5.78 Å². The number of ether oxygens (including phenoxy) is 4. The summed E-state index contributed by atoms with van der Waals surface area (Å²) in [7, 11) is 1.51. The van der Waals surface area contributed by atoms with Gasteiger partial charge in [0.1, 0.15) is 16.4 Å². The molecule has 0 spiro atoms. The average Bonchev–Trinajstić information content (AvgIpc) is 3.55. The molecule has 0 radical (unpaired) electrons. The third kappa shape index (κ3) is 8.32. The van der Waals surface area contributed by atoms with Gasteiger partial charge in [0.05, 0.1) is 44.2 Å². The number of amides is 1. The van der Waals surface area contributed by atoms with Gasteiger partial charge in [-0.1, -0.05) is 58.4 Å². The maximum Gasteiger partial charge on any atom is 0.350 e. The third-order valence-electron chi connectivity index (χ3n) is 7.52. The summed E-state index contributed by atoms with van der Waals surface area (Å²) in [4.78, 5) is 46.4. The molecule has 3 aromatic rings. The number of hydrogen-bond acceptors (Lipinski definition) is 10. The zero-order valence-electron chi connectivity index (χ0n) is 28.1. The Kier molecular flexibility index (Phi) is 12.0. The number of aliphatic hydroxyl groups is 1. The summed E-state index contributed by atoms with van der Waals surface area (Å²) in [6.07, 6.45) is 2.75. The van der Waals surface area contributed by atoms with Crippen LogP contribution in [0.3, 0.4) is 0 Å². The van der Waals surface area contributed by atoms with E-state index in [0.29, 0.717) is 53.2 Å². The zero-order valence-corrected chi connectivity index (χ0v) is 28.9. The predicted molar refractivity (Wildman–Crippen MR) is 182 cm³/mol. The molecule has 1 aliphatic rings. The van der Waals surface area contributed by atoms with Crippen molar-refractivity contribution in [1.29, 1.82) is 0 Å². The molecule has 2 aromatic carbocycles. The van der Waals surface area contributed by atoms with Crippen molar-refractivity contribution in [3.8, 4) is 17.2 Å². The average molecular weight is 665 g/mol. The van der Waals surface area contributed by atoms with Crippen LogP contribution in [-0.2, 0) is 14.3 Å². The number of anilines is 1. The fourth-order valence-corrected chi connectivity index (χ4v) is 5.89. The Labute approximate surface area is 280 Å². The summed E-state index contributed by atoms with van der Waals surface area (Å²) in [6.45, 7) is 13.1. The first kappa shape index (κ1) is 35.5. The highest BCUT2D eigenvalue weighted by Gasteiger charge is 2.48. The van der Waals surface area contributed by atoms with E-state index in [0.717, 1.165) is 30.6 Å². The van der Waals surface area contributed by atoms with Crippen LogP contribution in [0, 0.1) is 18.8 Å². The van der Waals surface area contributed by atoms with E-state index < -0.39 is 23.7 Å². The van der Waals surface area contributed by atoms with Crippen LogP contribution in [0.2, 0.25) is 0 Å². The van der Waals surface area contributed by atoms with Crippen LogP contribution >= 0.6 is 11.3 Å². The van der Waals surface area contributed by atoms with E-state index in [1.807, 2.05) is 13.8 Å². The van der Waals surface area contributed by atoms with Gasteiger partial charge in [-0.3, -0.25) is 14.5 Å². The Hall–Kier alpha value is -4.38. The molecule has 47 heavy (non-hydrogen) atoms. The van der Waals surface area contributed by atoms with E-state index >= 15 is 0 Å². The minimum atomic E-state index is -1.08. The summed E-state index contributed by atoms with van der Waals surface area (Å²) >= 11 is 0.959. The number of methoxy groups -OCH3 is 1. The van der Waals surface area contributed by atoms with E-state index in [1.54, 1.807) is 49.4 Å². The number of carbonyl (C=O) groups excluding carboxylic acids is 3. The summed E-state index contributed by atoms with van der Waals surface area (Å²) in [5, 5.41) is 11.7. The number of rotatable bonds is 15. The number of thiazole rings is 1. The summed E-state index contributed by atoms with van der Waals surface area (Å²) in [5.74, 6) is -0.561. The smallest absolute Gasteiger partial charge is 0.350 e. The molecule has 4 rings (SSSR count). The van der Waals surface area contributed by atoms with Crippen LogP contribution in [0.5, 0.6) is 17.2 Å². The topological polar surface area (TPSA) is 124 Å². The third-order valence-corrected chi connectivity index (χ3v) is 8.66. The number of esters is 1. The predicted octanol–water partition coefficient (Wildman–Crippen LogP) is 7.50. The number of aliphatic hydroxyl groups excluding tert-OH is 1. The van der Waals surface area contributed by atoms with Crippen molar-refractivity contribution in [2.24, 2.45) is 11.8 Å². The van der Waals surface area contributed by atoms with Gasteiger partial charge in [0, 0.05) is 5.56 Å². The number of benzene rings is 2. The quantitative estimate of drug-likeness (QED) is 0.0578. The summed E-state index contributed by atoms with van der Waals surface area (Å²) in [5.41, 5.74) is 1.06. The van der Waals surface area contributed by atoms with E-state index in [1.165, 1.54) is 12.0 Å². The Morgan fingerprint density at radius 2 is 1.72 bits per heavy atom. The van der Waals surface area contributed by atoms with Gasteiger partial charge in [0.2, 0.25) is 0 Å². The second-order valence-electron chi connectivity index (χ2n) is 12.2. The normalized spacial score (nSPS) is 15.9. The molecule has 1 unspecified atom stereocenters. The van der Waals surface area contributed by atoms with Crippen LogP contribution < -0.4 is 19.1 Å². The SMILES string of the molecule is CCCCOc1ccc(C(O)=C2C(=O)C(=O)N(c3nc(C)c(C(=O)OCC(C)C)s3)C2c2ccc(OCCC(C)C)c(OC)c2)cc1. The van der Waals surface area contributed by atoms with E-state index in [2.05, 4.69) is 25.8 Å². The van der Waals surface area contributed by atoms with Crippen molar-refractivity contribution in [2.75, 3.05) is 31.8 Å². The van der Waals surface area contributed by atoms with Crippen LogP contribution in [0.25, 0.3) is 5.76 Å². The number of carbonyl (C=O) groups is 3. The highest BCUT2D eigenvalue weighted by Crippen LogP contribution is 2.45. The number of aryl methyl sites for hydroxylation is 1. The molecule has 10 nitrogen and oxygen atoms in total. The molecule has 1 amide bonds. The standard InChI is InChI=1S/C36H44N2O8S/c1-8-9-17-44-26-13-10-24(11-14-26)31(39)29-30(25-12-15-27(28(19-25)43-7)45-18-16-21(2)3)38(34(41)32(29)40)36-37-23(6)33(47-36)35(42)46-20-22(4)5/h10-15,19,21-22,30,39H,8-9,16-18,20H2,1-7H3.